The van der Waals surface area contributed by atoms with Crippen molar-refractivity contribution in [2.75, 3.05) is 11.9 Å². The van der Waals surface area contributed by atoms with Gasteiger partial charge in [0.05, 0.1) is 15.5 Å². The van der Waals surface area contributed by atoms with E-state index in [2.05, 4.69) is 21.2 Å². The number of nitrogens with two attached hydrogens (primary N) is 1. The number of rotatable bonds is 5. The summed E-state index contributed by atoms with van der Waals surface area (Å²) in [5, 5.41) is 13.9. The maximum absolute atomic E-state index is 13.3. The molecule has 3 N–H and O–H groups in total. The summed E-state index contributed by atoms with van der Waals surface area (Å²) < 4.78 is 13.5. The first kappa shape index (κ1) is 14.8. The Morgan fingerprint density at radius 1 is 1.56 bits per heavy atom. The second kappa shape index (κ2) is 6.10. The Balaban J connectivity index is 3.14. The van der Waals surface area contributed by atoms with Crippen molar-refractivity contribution >= 4 is 27.3 Å². The van der Waals surface area contributed by atoms with Gasteiger partial charge in [-0.25, -0.2) is 4.39 Å². The van der Waals surface area contributed by atoms with Crippen LogP contribution in [0.5, 0.6) is 0 Å². The molecule has 1 aromatic carbocycles. The monoisotopic (exact) mass is 319 g/mol. The Bertz CT molecular complexity index is 454. The number of hydrogen-bond donors (Lipinski definition) is 2. The van der Waals surface area contributed by atoms with E-state index in [9.17, 15) is 14.5 Å². The molecular weight excluding hydrogens is 305 g/mol. The standard InChI is InChI=1S/C11H15BrFN3O2/c1-6(2)10(5-14)15-9-3-7(12)8(13)4-11(9)16(17)18/h3-4,6,10,15H,5,14H2,1-2H3. The molecule has 1 atom stereocenters. The van der Waals surface area contributed by atoms with Gasteiger partial charge >= 0.3 is 0 Å². The molecule has 0 radical (unpaired) electrons. The molecule has 0 aliphatic rings. The SMILES string of the molecule is CC(C)C(CN)Nc1cc(Br)c(F)cc1[N+](=O)[O-]. The minimum atomic E-state index is -0.666. The summed E-state index contributed by atoms with van der Waals surface area (Å²) in [4.78, 5) is 10.3. The van der Waals surface area contributed by atoms with E-state index in [4.69, 9.17) is 5.73 Å². The molecule has 0 fully saturated rings. The number of nitrogens with one attached hydrogen (secondary N) is 1. The summed E-state index contributed by atoms with van der Waals surface area (Å²) in [6, 6.07) is 2.14. The topological polar surface area (TPSA) is 81.2 Å². The average molecular weight is 320 g/mol. The van der Waals surface area contributed by atoms with Crippen LogP contribution in [0.3, 0.4) is 0 Å². The van der Waals surface area contributed by atoms with E-state index in [0.717, 1.165) is 6.07 Å². The van der Waals surface area contributed by atoms with Crippen LogP contribution in [0.25, 0.3) is 0 Å². The van der Waals surface area contributed by atoms with Crippen LogP contribution >= 0.6 is 15.9 Å². The molecule has 5 nitrogen and oxygen atoms in total. The second-order valence-electron chi connectivity index (χ2n) is 4.27. The van der Waals surface area contributed by atoms with Crippen molar-refractivity contribution in [3.8, 4) is 0 Å². The fraction of sp³-hybridized carbons (Fsp3) is 0.455. The first-order valence-corrected chi connectivity index (χ1v) is 6.26. The zero-order valence-corrected chi connectivity index (χ0v) is 11.7. The fourth-order valence-electron chi connectivity index (χ4n) is 1.50. The van der Waals surface area contributed by atoms with Gasteiger partial charge in [-0.1, -0.05) is 13.8 Å². The fourth-order valence-corrected chi connectivity index (χ4v) is 1.84. The summed E-state index contributed by atoms with van der Waals surface area (Å²) in [6.07, 6.45) is 0. The van der Waals surface area contributed by atoms with Crippen molar-refractivity contribution in [2.24, 2.45) is 11.7 Å². The number of halogens is 2. The van der Waals surface area contributed by atoms with Crippen molar-refractivity contribution in [3.63, 3.8) is 0 Å². The summed E-state index contributed by atoms with van der Waals surface area (Å²) in [5.74, 6) is -0.459. The smallest absolute Gasteiger partial charge is 0.295 e. The summed E-state index contributed by atoms with van der Waals surface area (Å²) in [6.45, 7) is 4.24. The normalized spacial score (nSPS) is 12.6. The Labute approximate surface area is 113 Å². The lowest BCUT2D eigenvalue weighted by atomic mass is 10.0. The van der Waals surface area contributed by atoms with Gasteiger partial charge in [0.15, 0.2) is 0 Å². The number of benzene rings is 1. The molecular formula is C11H15BrFN3O2. The number of anilines is 1. The summed E-state index contributed by atoms with van der Waals surface area (Å²) in [7, 11) is 0. The van der Waals surface area contributed by atoms with E-state index in [0.29, 0.717) is 6.54 Å². The lowest BCUT2D eigenvalue weighted by molar-refractivity contribution is -0.384. The van der Waals surface area contributed by atoms with Crippen molar-refractivity contribution in [3.05, 3.63) is 32.5 Å². The van der Waals surface area contributed by atoms with Crippen LogP contribution in [0, 0.1) is 21.8 Å². The third kappa shape index (κ3) is 3.39. The molecule has 0 saturated carbocycles. The quantitative estimate of drug-likeness (QED) is 0.646. The maximum atomic E-state index is 13.3. The third-order valence-corrected chi connectivity index (χ3v) is 3.24. The minimum absolute atomic E-state index is 0.110. The molecule has 18 heavy (non-hydrogen) atoms. The first-order valence-electron chi connectivity index (χ1n) is 5.46. The largest absolute Gasteiger partial charge is 0.375 e. The number of nitro groups is 1. The Hall–Kier alpha value is -1.21. The van der Waals surface area contributed by atoms with Gasteiger partial charge < -0.3 is 11.1 Å². The second-order valence-corrected chi connectivity index (χ2v) is 5.13. The minimum Gasteiger partial charge on any atom is -0.375 e. The zero-order chi connectivity index (χ0) is 13.9. The van der Waals surface area contributed by atoms with E-state index in [1.54, 1.807) is 0 Å². The molecule has 0 spiro atoms. The molecule has 0 heterocycles. The van der Waals surface area contributed by atoms with Crippen LogP contribution < -0.4 is 11.1 Å². The highest BCUT2D eigenvalue weighted by Gasteiger charge is 2.21. The van der Waals surface area contributed by atoms with Gasteiger partial charge in [-0.3, -0.25) is 10.1 Å². The molecule has 7 heteroatoms. The molecule has 1 aromatic rings. The van der Waals surface area contributed by atoms with Crippen LogP contribution in [0.15, 0.2) is 16.6 Å². The van der Waals surface area contributed by atoms with Gasteiger partial charge in [0.2, 0.25) is 0 Å². The number of nitrogens with zero attached hydrogens (tertiary/aromatic N) is 1. The van der Waals surface area contributed by atoms with Crippen molar-refractivity contribution in [1.82, 2.24) is 0 Å². The Morgan fingerprint density at radius 3 is 2.61 bits per heavy atom. The molecule has 0 bridgehead atoms. The Morgan fingerprint density at radius 2 is 2.17 bits per heavy atom. The van der Waals surface area contributed by atoms with Gasteiger partial charge in [0, 0.05) is 12.6 Å². The molecule has 0 amide bonds. The van der Waals surface area contributed by atoms with Crippen molar-refractivity contribution in [1.29, 1.82) is 0 Å². The van der Waals surface area contributed by atoms with Crippen LogP contribution in [0.2, 0.25) is 0 Å². The highest BCUT2D eigenvalue weighted by molar-refractivity contribution is 9.10. The van der Waals surface area contributed by atoms with Crippen LogP contribution in [-0.4, -0.2) is 17.5 Å². The summed E-state index contributed by atoms with van der Waals surface area (Å²) in [5.41, 5.74) is 5.56. The molecule has 0 saturated heterocycles. The van der Waals surface area contributed by atoms with E-state index in [1.165, 1.54) is 6.07 Å². The first-order chi connectivity index (χ1) is 8.36. The highest BCUT2D eigenvalue weighted by atomic mass is 79.9. The highest BCUT2D eigenvalue weighted by Crippen LogP contribution is 2.31. The number of hydrogen-bond acceptors (Lipinski definition) is 4. The van der Waals surface area contributed by atoms with Crippen LogP contribution in [0.1, 0.15) is 13.8 Å². The zero-order valence-electron chi connectivity index (χ0n) is 10.1. The van der Waals surface area contributed by atoms with E-state index >= 15 is 0 Å². The van der Waals surface area contributed by atoms with Crippen LogP contribution in [0.4, 0.5) is 15.8 Å². The van der Waals surface area contributed by atoms with Gasteiger partial charge in [0.1, 0.15) is 11.5 Å². The maximum Gasteiger partial charge on any atom is 0.295 e. The van der Waals surface area contributed by atoms with Crippen LogP contribution in [-0.2, 0) is 0 Å². The van der Waals surface area contributed by atoms with E-state index in [1.807, 2.05) is 13.8 Å². The Kier molecular flexibility index (Phi) is 5.03. The van der Waals surface area contributed by atoms with Gasteiger partial charge in [-0.05, 0) is 27.9 Å². The molecule has 0 aliphatic carbocycles. The predicted molar refractivity (Wildman–Crippen MR) is 72.1 cm³/mol. The molecule has 1 rings (SSSR count). The van der Waals surface area contributed by atoms with Crippen molar-refractivity contribution < 1.29 is 9.31 Å². The van der Waals surface area contributed by atoms with E-state index < -0.39 is 10.7 Å². The lowest BCUT2D eigenvalue weighted by Crippen LogP contribution is -2.33. The molecule has 100 valence electrons. The third-order valence-electron chi connectivity index (χ3n) is 2.63. The van der Waals surface area contributed by atoms with E-state index in [-0.39, 0.29) is 27.8 Å². The van der Waals surface area contributed by atoms with Gasteiger partial charge in [-0.15, -0.1) is 0 Å². The average Bonchev–Trinajstić information content (AvgIpc) is 2.29. The van der Waals surface area contributed by atoms with Gasteiger partial charge in [-0.2, -0.15) is 0 Å². The molecule has 1 unspecified atom stereocenters. The lowest BCUT2D eigenvalue weighted by Gasteiger charge is -2.21. The van der Waals surface area contributed by atoms with Crippen molar-refractivity contribution in [2.45, 2.75) is 19.9 Å². The summed E-state index contributed by atoms with van der Waals surface area (Å²) >= 11 is 3.01. The number of nitro benzene ring substituents is 1. The predicted octanol–water partition coefficient (Wildman–Crippen LogP) is 2.89. The molecule has 0 aromatic heterocycles. The molecule has 0 aliphatic heterocycles. The van der Waals surface area contributed by atoms with Gasteiger partial charge in [0.25, 0.3) is 5.69 Å².